The molecule has 4 aromatic rings. The third kappa shape index (κ3) is 6.10. The Morgan fingerprint density at radius 1 is 1.00 bits per heavy atom. The first-order valence-corrected chi connectivity index (χ1v) is 11.8. The van der Waals surface area contributed by atoms with E-state index in [1.165, 1.54) is 11.8 Å². The molecule has 0 aliphatic carbocycles. The molecule has 2 amide bonds. The van der Waals surface area contributed by atoms with Crippen LogP contribution in [0.15, 0.2) is 71.8 Å². The molecule has 10 heteroatoms. The number of hydrogen-bond acceptors (Lipinski definition) is 7. The standard InChI is InChI=1S/C24H24N6O3S/c1-2-33-19-10-8-18(9-11-19)26-22(31)16-34-23-13-12-20-27-28-21(30(20)29-23)14-15-25-24(32)17-6-4-3-5-7-17/h3-13H,2,14-16H2,1H3,(H,25,32)(H,26,31). The van der Waals surface area contributed by atoms with Crippen LogP contribution in [0.3, 0.4) is 0 Å². The maximum absolute atomic E-state index is 12.3. The number of aromatic nitrogens is 4. The molecule has 0 fully saturated rings. The molecular weight excluding hydrogens is 452 g/mol. The molecule has 0 spiro atoms. The highest BCUT2D eigenvalue weighted by Crippen LogP contribution is 2.18. The second-order valence-electron chi connectivity index (χ2n) is 7.22. The minimum absolute atomic E-state index is 0.135. The summed E-state index contributed by atoms with van der Waals surface area (Å²) in [6.45, 7) is 2.92. The molecule has 2 aromatic heterocycles. The van der Waals surface area contributed by atoms with Crippen LogP contribution in [0.25, 0.3) is 5.65 Å². The number of fused-ring (bicyclic) bond motifs is 1. The predicted octanol–water partition coefficient (Wildman–Crippen LogP) is 3.23. The molecule has 34 heavy (non-hydrogen) atoms. The van der Waals surface area contributed by atoms with Gasteiger partial charge < -0.3 is 15.4 Å². The van der Waals surface area contributed by atoms with Crippen molar-refractivity contribution in [3.63, 3.8) is 0 Å². The monoisotopic (exact) mass is 476 g/mol. The van der Waals surface area contributed by atoms with E-state index in [4.69, 9.17) is 4.74 Å². The molecule has 0 atom stereocenters. The number of amides is 2. The van der Waals surface area contributed by atoms with Gasteiger partial charge in [-0.1, -0.05) is 30.0 Å². The molecular formula is C24H24N6O3S. The van der Waals surface area contributed by atoms with E-state index in [9.17, 15) is 9.59 Å². The lowest BCUT2D eigenvalue weighted by Gasteiger charge is -2.07. The van der Waals surface area contributed by atoms with Crippen molar-refractivity contribution in [2.45, 2.75) is 18.4 Å². The quantitative estimate of drug-likeness (QED) is 0.338. The topological polar surface area (TPSA) is 111 Å². The number of ether oxygens (including phenoxy) is 1. The average molecular weight is 477 g/mol. The smallest absolute Gasteiger partial charge is 0.251 e. The van der Waals surface area contributed by atoms with Crippen LogP contribution >= 0.6 is 11.8 Å². The Morgan fingerprint density at radius 3 is 2.56 bits per heavy atom. The van der Waals surface area contributed by atoms with Crippen LogP contribution in [0.4, 0.5) is 5.69 Å². The van der Waals surface area contributed by atoms with Crippen molar-refractivity contribution in [3.05, 3.63) is 78.1 Å². The number of nitrogens with zero attached hydrogens (tertiary/aromatic N) is 4. The second kappa shape index (κ2) is 11.3. The molecule has 9 nitrogen and oxygen atoms in total. The number of carbonyl (C=O) groups is 2. The first-order chi connectivity index (χ1) is 16.6. The van der Waals surface area contributed by atoms with Crippen molar-refractivity contribution in [2.24, 2.45) is 0 Å². The molecule has 0 saturated heterocycles. The first kappa shape index (κ1) is 23.2. The van der Waals surface area contributed by atoms with E-state index in [0.29, 0.717) is 47.3 Å². The third-order valence-corrected chi connectivity index (χ3v) is 5.69. The van der Waals surface area contributed by atoms with Gasteiger partial charge in [0.15, 0.2) is 11.5 Å². The fraction of sp³-hybridized carbons (Fsp3) is 0.208. The van der Waals surface area contributed by atoms with Gasteiger partial charge >= 0.3 is 0 Å². The number of nitrogens with one attached hydrogen (secondary N) is 2. The van der Waals surface area contributed by atoms with E-state index < -0.39 is 0 Å². The highest BCUT2D eigenvalue weighted by molar-refractivity contribution is 7.99. The summed E-state index contributed by atoms with van der Waals surface area (Å²) >= 11 is 1.32. The van der Waals surface area contributed by atoms with Crippen LogP contribution in [0.1, 0.15) is 23.1 Å². The Labute approximate surface area is 200 Å². The number of hydrogen-bond donors (Lipinski definition) is 2. The van der Waals surface area contributed by atoms with E-state index in [-0.39, 0.29) is 17.6 Å². The summed E-state index contributed by atoms with van der Waals surface area (Å²) in [5.41, 5.74) is 1.91. The van der Waals surface area contributed by atoms with Crippen LogP contribution in [0.5, 0.6) is 5.75 Å². The fourth-order valence-electron chi connectivity index (χ4n) is 3.17. The first-order valence-electron chi connectivity index (χ1n) is 10.8. The molecule has 0 bridgehead atoms. The van der Waals surface area contributed by atoms with E-state index in [1.54, 1.807) is 40.9 Å². The van der Waals surface area contributed by atoms with Crippen LogP contribution in [-0.2, 0) is 11.2 Å². The van der Waals surface area contributed by atoms with E-state index >= 15 is 0 Å². The van der Waals surface area contributed by atoms with Crippen LogP contribution in [0.2, 0.25) is 0 Å². The molecule has 2 aromatic carbocycles. The minimum Gasteiger partial charge on any atom is -0.494 e. The normalized spacial score (nSPS) is 10.7. The highest BCUT2D eigenvalue weighted by atomic mass is 32.2. The number of benzene rings is 2. The lowest BCUT2D eigenvalue weighted by molar-refractivity contribution is -0.113. The van der Waals surface area contributed by atoms with Crippen molar-refractivity contribution in [1.82, 2.24) is 25.1 Å². The van der Waals surface area contributed by atoms with E-state index in [0.717, 1.165) is 5.75 Å². The SMILES string of the molecule is CCOc1ccc(NC(=O)CSc2ccc3nnc(CCNC(=O)c4ccccc4)n3n2)cc1. The summed E-state index contributed by atoms with van der Waals surface area (Å²) in [5, 5.41) is 19.3. The Hall–Kier alpha value is -3.92. The number of anilines is 1. The zero-order chi connectivity index (χ0) is 23.8. The van der Waals surface area contributed by atoms with Gasteiger partial charge in [-0.25, -0.2) is 0 Å². The Balaban J connectivity index is 1.30. The summed E-state index contributed by atoms with van der Waals surface area (Å²) in [7, 11) is 0. The number of carbonyl (C=O) groups excluding carboxylic acids is 2. The Morgan fingerprint density at radius 2 is 1.79 bits per heavy atom. The van der Waals surface area contributed by atoms with Crippen molar-refractivity contribution < 1.29 is 14.3 Å². The van der Waals surface area contributed by atoms with Crippen LogP contribution in [0, 0.1) is 0 Å². The third-order valence-electron chi connectivity index (χ3n) is 4.77. The largest absolute Gasteiger partial charge is 0.494 e. The number of rotatable bonds is 10. The Kier molecular flexibility index (Phi) is 7.71. The van der Waals surface area contributed by atoms with Crippen molar-refractivity contribution in [3.8, 4) is 5.75 Å². The molecule has 174 valence electrons. The van der Waals surface area contributed by atoms with Gasteiger partial charge in [0, 0.05) is 24.2 Å². The Bertz CT molecular complexity index is 1260. The van der Waals surface area contributed by atoms with Crippen molar-refractivity contribution in [2.75, 3.05) is 24.2 Å². The minimum atomic E-state index is -0.142. The summed E-state index contributed by atoms with van der Waals surface area (Å²) < 4.78 is 7.05. The molecule has 0 radical (unpaired) electrons. The molecule has 4 rings (SSSR count). The van der Waals surface area contributed by atoms with Gasteiger partial charge in [0.2, 0.25) is 5.91 Å². The second-order valence-corrected chi connectivity index (χ2v) is 8.22. The van der Waals surface area contributed by atoms with Crippen LogP contribution < -0.4 is 15.4 Å². The maximum Gasteiger partial charge on any atom is 0.251 e. The van der Waals surface area contributed by atoms with Crippen LogP contribution in [-0.4, -0.2) is 50.5 Å². The number of thioether (sulfide) groups is 1. The fourth-order valence-corrected chi connectivity index (χ4v) is 3.82. The zero-order valence-corrected chi connectivity index (χ0v) is 19.4. The van der Waals surface area contributed by atoms with Gasteiger partial charge in [-0.3, -0.25) is 9.59 Å². The predicted molar refractivity (Wildman–Crippen MR) is 130 cm³/mol. The van der Waals surface area contributed by atoms with Gasteiger partial charge in [0.05, 0.1) is 12.4 Å². The molecule has 0 aliphatic heterocycles. The molecule has 0 aliphatic rings. The molecule has 0 unspecified atom stereocenters. The van der Waals surface area contributed by atoms with Gasteiger partial charge in [-0.2, -0.15) is 9.61 Å². The van der Waals surface area contributed by atoms with Gasteiger partial charge in [0.1, 0.15) is 10.8 Å². The summed E-state index contributed by atoms with van der Waals surface area (Å²) in [5.74, 6) is 1.32. The van der Waals surface area contributed by atoms with Gasteiger partial charge in [-0.05, 0) is 55.5 Å². The lowest BCUT2D eigenvalue weighted by Crippen LogP contribution is -2.26. The van der Waals surface area contributed by atoms with Crippen molar-refractivity contribution in [1.29, 1.82) is 0 Å². The van der Waals surface area contributed by atoms with E-state index in [1.807, 2.05) is 37.3 Å². The average Bonchev–Trinajstić information content (AvgIpc) is 3.27. The molecule has 2 heterocycles. The van der Waals surface area contributed by atoms with Gasteiger partial charge in [-0.15, -0.1) is 10.2 Å². The lowest BCUT2D eigenvalue weighted by atomic mass is 10.2. The summed E-state index contributed by atoms with van der Waals surface area (Å²) in [4.78, 5) is 24.5. The highest BCUT2D eigenvalue weighted by Gasteiger charge is 2.11. The summed E-state index contributed by atoms with van der Waals surface area (Å²) in [6, 6.07) is 19.9. The van der Waals surface area contributed by atoms with Crippen molar-refractivity contribution >= 4 is 34.9 Å². The zero-order valence-electron chi connectivity index (χ0n) is 18.6. The van der Waals surface area contributed by atoms with E-state index in [2.05, 4.69) is 25.9 Å². The van der Waals surface area contributed by atoms with Gasteiger partial charge in [0.25, 0.3) is 5.91 Å². The molecule has 2 N–H and O–H groups in total. The summed E-state index contributed by atoms with van der Waals surface area (Å²) in [6.07, 6.45) is 0.471. The molecule has 0 saturated carbocycles. The maximum atomic E-state index is 12.3.